The molecule has 0 aliphatic carbocycles. The smallest absolute Gasteiger partial charge is 0.0905 e. The van der Waals surface area contributed by atoms with Crippen molar-refractivity contribution in [2.45, 2.75) is 26.7 Å². The van der Waals surface area contributed by atoms with Crippen LogP contribution in [-0.2, 0) is 0 Å². The van der Waals surface area contributed by atoms with Crippen LogP contribution in [0.1, 0.15) is 26.7 Å². The highest BCUT2D eigenvalue weighted by Gasteiger charge is 2.24. The Balaban J connectivity index is 2.13. The summed E-state index contributed by atoms with van der Waals surface area (Å²) in [6, 6.07) is 0. The van der Waals surface area contributed by atoms with Gasteiger partial charge in [-0.3, -0.25) is 5.41 Å². The van der Waals surface area contributed by atoms with Crippen LogP contribution in [-0.4, -0.2) is 30.4 Å². The van der Waals surface area contributed by atoms with Crippen molar-refractivity contribution < 1.29 is 0 Å². The van der Waals surface area contributed by atoms with Gasteiger partial charge in [0.1, 0.15) is 0 Å². The van der Waals surface area contributed by atoms with Gasteiger partial charge in [0.15, 0.2) is 0 Å². The third-order valence-corrected chi connectivity index (χ3v) is 2.98. The lowest BCUT2D eigenvalue weighted by Gasteiger charge is -2.14. The molecule has 0 spiro atoms. The third kappa shape index (κ3) is 3.35. The molecule has 76 valence electrons. The van der Waals surface area contributed by atoms with Crippen LogP contribution in [0.2, 0.25) is 0 Å². The molecule has 0 aromatic rings. The Morgan fingerprint density at radius 2 is 1.92 bits per heavy atom. The van der Waals surface area contributed by atoms with E-state index in [1.807, 2.05) is 0 Å². The van der Waals surface area contributed by atoms with Crippen molar-refractivity contribution in [2.75, 3.05) is 19.6 Å². The third-order valence-electron chi connectivity index (χ3n) is 2.98. The molecule has 2 unspecified atom stereocenters. The normalized spacial score (nSPS) is 29.4. The van der Waals surface area contributed by atoms with Crippen LogP contribution in [0.3, 0.4) is 0 Å². The van der Waals surface area contributed by atoms with Gasteiger partial charge >= 0.3 is 0 Å². The summed E-state index contributed by atoms with van der Waals surface area (Å²) < 4.78 is 0. The maximum absolute atomic E-state index is 7.11. The maximum Gasteiger partial charge on any atom is 0.0905 e. The Morgan fingerprint density at radius 1 is 1.38 bits per heavy atom. The van der Waals surface area contributed by atoms with Crippen molar-refractivity contribution in [3.05, 3.63) is 0 Å². The van der Waals surface area contributed by atoms with Crippen molar-refractivity contribution >= 4 is 5.84 Å². The quantitative estimate of drug-likeness (QED) is 0.510. The fourth-order valence-electron chi connectivity index (χ4n) is 1.92. The predicted octanol–water partition coefficient (Wildman–Crippen LogP) is 1.29. The number of nitrogens with one attached hydrogen (secondary N) is 1. The zero-order chi connectivity index (χ0) is 9.84. The van der Waals surface area contributed by atoms with Gasteiger partial charge in [0.2, 0.25) is 0 Å². The second-order valence-corrected chi connectivity index (χ2v) is 4.34. The first-order chi connectivity index (χ1) is 6.09. The Bertz CT molecular complexity index is 169. The van der Waals surface area contributed by atoms with Gasteiger partial charge < -0.3 is 10.6 Å². The molecule has 1 fully saturated rings. The number of nitrogens with zero attached hydrogens (tertiary/aromatic N) is 1. The van der Waals surface area contributed by atoms with Crippen LogP contribution in [0.15, 0.2) is 0 Å². The largest absolute Gasteiger partial charge is 0.388 e. The van der Waals surface area contributed by atoms with E-state index in [2.05, 4.69) is 18.7 Å². The Morgan fingerprint density at radius 3 is 2.38 bits per heavy atom. The van der Waals surface area contributed by atoms with Crippen LogP contribution in [0.5, 0.6) is 0 Å². The Hall–Kier alpha value is -0.570. The highest BCUT2D eigenvalue weighted by Crippen LogP contribution is 2.21. The average molecular weight is 183 g/mol. The molecule has 0 saturated carbocycles. The molecule has 1 aliphatic heterocycles. The minimum absolute atomic E-state index is 0.320. The standard InChI is InChI=1S/C10H21N3/c1-8-6-13(7-9(8)2)5-3-4-10(11)12/h8-9H,3-7H2,1-2H3,(H3,11,12). The van der Waals surface area contributed by atoms with E-state index in [1.165, 1.54) is 13.1 Å². The molecule has 0 aromatic carbocycles. The number of hydrogen-bond donors (Lipinski definition) is 2. The molecule has 0 aromatic heterocycles. The maximum atomic E-state index is 7.11. The van der Waals surface area contributed by atoms with Gasteiger partial charge in [-0.25, -0.2) is 0 Å². The van der Waals surface area contributed by atoms with E-state index in [9.17, 15) is 0 Å². The highest BCUT2D eigenvalue weighted by molar-refractivity contribution is 5.76. The number of rotatable bonds is 4. The van der Waals surface area contributed by atoms with Gasteiger partial charge in [-0.2, -0.15) is 0 Å². The van der Waals surface area contributed by atoms with Crippen LogP contribution >= 0.6 is 0 Å². The lowest BCUT2D eigenvalue weighted by molar-refractivity contribution is 0.321. The molecule has 3 nitrogen and oxygen atoms in total. The molecule has 1 heterocycles. The van der Waals surface area contributed by atoms with E-state index in [1.54, 1.807) is 0 Å². The van der Waals surface area contributed by atoms with Crippen LogP contribution in [0, 0.1) is 17.2 Å². The van der Waals surface area contributed by atoms with E-state index < -0.39 is 0 Å². The SMILES string of the molecule is CC1CN(CCCC(=N)N)CC1C. The Kier molecular flexibility index (Phi) is 3.72. The summed E-state index contributed by atoms with van der Waals surface area (Å²) in [5.41, 5.74) is 5.30. The summed E-state index contributed by atoms with van der Waals surface area (Å²) >= 11 is 0. The summed E-state index contributed by atoms with van der Waals surface area (Å²) in [5, 5.41) is 7.11. The van der Waals surface area contributed by atoms with Gasteiger partial charge in [-0.15, -0.1) is 0 Å². The van der Waals surface area contributed by atoms with Crippen LogP contribution in [0.25, 0.3) is 0 Å². The lowest BCUT2D eigenvalue weighted by Crippen LogP contribution is -2.23. The topological polar surface area (TPSA) is 53.1 Å². The first-order valence-electron chi connectivity index (χ1n) is 5.15. The minimum Gasteiger partial charge on any atom is -0.388 e. The van der Waals surface area contributed by atoms with Crippen molar-refractivity contribution in [2.24, 2.45) is 17.6 Å². The van der Waals surface area contributed by atoms with Crippen molar-refractivity contribution in [3.8, 4) is 0 Å². The average Bonchev–Trinajstić information content (AvgIpc) is 2.30. The Labute approximate surface area is 80.8 Å². The predicted molar refractivity (Wildman–Crippen MR) is 55.9 cm³/mol. The van der Waals surface area contributed by atoms with Gasteiger partial charge in [0, 0.05) is 19.5 Å². The van der Waals surface area contributed by atoms with Gasteiger partial charge in [-0.1, -0.05) is 13.8 Å². The fraction of sp³-hybridized carbons (Fsp3) is 0.900. The number of likely N-dealkylation sites (tertiary alicyclic amines) is 1. The lowest BCUT2D eigenvalue weighted by atomic mass is 10.0. The van der Waals surface area contributed by atoms with Crippen LogP contribution in [0.4, 0.5) is 0 Å². The summed E-state index contributed by atoms with van der Waals surface area (Å²) in [6.45, 7) is 8.18. The molecule has 0 amide bonds. The molecule has 1 rings (SSSR count). The van der Waals surface area contributed by atoms with Gasteiger partial charge in [-0.05, 0) is 24.8 Å². The second kappa shape index (κ2) is 4.61. The number of nitrogens with two attached hydrogens (primary N) is 1. The van der Waals surface area contributed by atoms with Crippen LogP contribution < -0.4 is 5.73 Å². The van der Waals surface area contributed by atoms with Crippen molar-refractivity contribution in [1.82, 2.24) is 4.90 Å². The highest BCUT2D eigenvalue weighted by atomic mass is 15.1. The molecular formula is C10H21N3. The van der Waals surface area contributed by atoms with Crippen molar-refractivity contribution in [1.29, 1.82) is 5.41 Å². The molecule has 1 saturated heterocycles. The monoisotopic (exact) mass is 183 g/mol. The summed E-state index contributed by atoms with van der Waals surface area (Å²) in [4.78, 5) is 2.48. The molecule has 3 N–H and O–H groups in total. The van der Waals surface area contributed by atoms with E-state index in [0.29, 0.717) is 5.84 Å². The molecule has 13 heavy (non-hydrogen) atoms. The zero-order valence-corrected chi connectivity index (χ0v) is 8.71. The first kappa shape index (κ1) is 10.5. The van der Waals surface area contributed by atoms with E-state index in [-0.39, 0.29) is 0 Å². The molecular weight excluding hydrogens is 162 g/mol. The molecule has 2 atom stereocenters. The number of hydrogen-bond acceptors (Lipinski definition) is 2. The first-order valence-corrected chi connectivity index (χ1v) is 5.15. The van der Waals surface area contributed by atoms with Gasteiger partial charge in [0.25, 0.3) is 0 Å². The van der Waals surface area contributed by atoms with Crippen molar-refractivity contribution in [3.63, 3.8) is 0 Å². The summed E-state index contributed by atoms with van der Waals surface area (Å²) in [5.74, 6) is 1.98. The van der Waals surface area contributed by atoms with Gasteiger partial charge in [0.05, 0.1) is 5.84 Å². The molecule has 0 radical (unpaired) electrons. The molecule has 1 aliphatic rings. The van der Waals surface area contributed by atoms with E-state index in [4.69, 9.17) is 11.1 Å². The zero-order valence-electron chi connectivity index (χ0n) is 8.71. The molecule has 0 bridgehead atoms. The van der Waals surface area contributed by atoms with E-state index in [0.717, 1.165) is 31.2 Å². The minimum atomic E-state index is 0.320. The number of amidine groups is 1. The summed E-state index contributed by atoms with van der Waals surface area (Å²) in [6.07, 6.45) is 1.79. The second-order valence-electron chi connectivity index (χ2n) is 4.34. The fourth-order valence-corrected chi connectivity index (χ4v) is 1.92. The summed E-state index contributed by atoms with van der Waals surface area (Å²) in [7, 11) is 0. The van der Waals surface area contributed by atoms with E-state index >= 15 is 0 Å². The molecule has 3 heteroatoms.